The first-order valence-electron chi connectivity index (χ1n) is 10.1. The maximum atomic E-state index is 13.1. The molecule has 150 valence electrons. The van der Waals surface area contributed by atoms with Crippen molar-refractivity contribution in [1.29, 1.82) is 0 Å². The number of nitrogens with zero attached hydrogens (tertiary/aromatic N) is 3. The molecule has 2 atom stereocenters. The number of aromatic nitrogens is 1. The average molecular weight is 376 g/mol. The zero-order valence-corrected chi connectivity index (χ0v) is 17.1. The lowest BCUT2D eigenvalue weighted by Gasteiger charge is -2.51. The summed E-state index contributed by atoms with van der Waals surface area (Å²) >= 11 is 0. The Bertz CT molecular complexity index is 688. The lowest BCUT2D eigenvalue weighted by Crippen LogP contribution is -2.59. The molecule has 1 aromatic heterocycles. The van der Waals surface area contributed by atoms with Gasteiger partial charge in [0, 0.05) is 38.1 Å². The summed E-state index contributed by atoms with van der Waals surface area (Å²) in [6.07, 6.45) is 5.63. The number of hydrogen-bond acceptors (Lipinski definition) is 5. The fourth-order valence-electron chi connectivity index (χ4n) is 4.65. The number of carbonyl (C=O) groups is 1. The quantitative estimate of drug-likeness (QED) is 0.820. The summed E-state index contributed by atoms with van der Waals surface area (Å²) in [6.45, 7) is 12.0. The van der Waals surface area contributed by atoms with Gasteiger partial charge in [-0.3, -0.25) is 4.79 Å². The van der Waals surface area contributed by atoms with E-state index in [-0.39, 0.29) is 17.4 Å². The SMILES string of the molecule is CC(C)=CCCN1CC[C@@H](O)[C@]2(CCCN(C(=O)c3c(C)noc3C)C2)C1. The standard InChI is InChI=1S/C21H33N3O3/c1-15(2)7-5-10-23-12-8-18(25)21(13-23)9-6-11-24(14-21)20(26)19-16(3)22-27-17(19)4/h7,18,25H,5-6,8-14H2,1-4H3/t18-,21-/m1/s1. The first kappa shape index (κ1) is 20.1. The van der Waals surface area contributed by atoms with E-state index in [0.29, 0.717) is 23.6 Å². The van der Waals surface area contributed by atoms with E-state index in [1.54, 1.807) is 6.92 Å². The number of carbonyl (C=O) groups excluding carboxylic acids is 1. The van der Waals surface area contributed by atoms with Crippen LogP contribution in [0, 0.1) is 19.3 Å². The van der Waals surface area contributed by atoms with Crippen LogP contribution in [0.4, 0.5) is 0 Å². The Kier molecular flexibility index (Phi) is 6.06. The molecule has 0 unspecified atom stereocenters. The van der Waals surface area contributed by atoms with Crippen molar-refractivity contribution in [3.05, 3.63) is 28.7 Å². The minimum Gasteiger partial charge on any atom is -0.392 e. The third-order valence-corrected chi connectivity index (χ3v) is 6.10. The predicted octanol–water partition coefficient (Wildman–Crippen LogP) is 2.94. The smallest absolute Gasteiger partial charge is 0.259 e. The molecule has 27 heavy (non-hydrogen) atoms. The first-order valence-corrected chi connectivity index (χ1v) is 10.1. The van der Waals surface area contributed by atoms with E-state index in [2.05, 4.69) is 30.0 Å². The van der Waals surface area contributed by atoms with E-state index < -0.39 is 0 Å². The summed E-state index contributed by atoms with van der Waals surface area (Å²) in [6, 6.07) is 0. The van der Waals surface area contributed by atoms with Crippen LogP contribution >= 0.6 is 0 Å². The van der Waals surface area contributed by atoms with Gasteiger partial charge in [0.1, 0.15) is 11.3 Å². The maximum Gasteiger partial charge on any atom is 0.259 e. The molecule has 0 radical (unpaired) electrons. The number of amides is 1. The highest BCUT2D eigenvalue weighted by atomic mass is 16.5. The third-order valence-electron chi connectivity index (χ3n) is 6.10. The van der Waals surface area contributed by atoms with Gasteiger partial charge in [-0.05, 0) is 53.4 Å². The van der Waals surface area contributed by atoms with Crippen molar-refractivity contribution < 1.29 is 14.4 Å². The summed E-state index contributed by atoms with van der Waals surface area (Å²) in [4.78, 5) is 17.4. The van der Waals surface area contributed by atoms with Crippen LogP contribution in [0.3, 0.4) is 0 Å². The van der Waals surface area contributed by atoms with Crippen molar-refractivity contribution in [2.24, 2.45) is 5.41 Å². The van der Waals surface area contributed by atoms with Gasteiger partial charge in [0.2, 0.25) is 0 Å². The Labute approximate surface area is 162 Å². The van der Waals surface area contributed by atoms with Crippen LogP contribution in [0.2, 0.25) is 0 Å². The lowest BCUT2D eigenvalue weighted by atomic mass is 9.71. The summed E-state index contributed by atoms with van der Waals surface area (Å²) in [5.41, 5.74) is 2.34. The second kappa shape index (κ2) is 8.15. The molecule has 0 bridgehead atoms. The third kappa shape index (κ3) is 4.27. The molecule has 6 heteroatoms. The fourth-order valence-corrected chi connectivity index (χ4v) is 4.65. The van der Waals surface area contributed by atoms with E-state index in [9.17, 15) is 9.90 Å². The number of hydrogen-bond donors (Lipinski definition) is 1. The summed E-state index contributed by atoms with van der Waals surface area (Å²) in [5, 5.41) is 14.8. The van der Waals surface area contributed by atoms with E-state index in [4.69, 9.17) is 4.52 Å². The molecule has 0 aliphatic carbocycles. The monoisotopic (exact) mass is 375 g/mol. The molecule has 3 rings (SSSR count). The van der Waals surface area contributed by atoms with Crippen LogP contribution < -0.4 is 0 Å². The molecule has 0 aromatic carbocycles. The Balaban J connectivity index is 1.72. The van der Waals surface area contributed by atoms with Crippen LogP contribution in [0.1, 0.15) is 61.3 Å². The molecule has 1 aromatic rings. The molecule has 2 fully saturated rings. The molecule has 2 aliphatic heterocycles. The second-order valence-electron chi connectivity index (χ2n) is 8.54. The van der Waals surface area contributed by atoms with Crippen molar-refractivity contribution in [2.45, 2.75) is 59.5 Å². The van der Waals surface area contributed by atoms with Crippen LogP contribution in [-0.2, 0) is 0 Å². The number of allylic oxidation sites excluding steroid dienone is 1. The van der Waals surface area contributed by atoms with Crippen LogP contribution in [0.25, 0.3) is 0 Å². The van der Waals surface area contributed by atoms with Crippen molar-refractivity contribution in [1.82, 2.24) is 15.0 Å². The van der Waals surface area contributed by atoms with Crippen molar-refractivity contribution in [3.8, 4) is 0 Å². The molecule has 1 N–H and O–H groups in total. The summed E-state index contributed by atoms with van der Waals surface area (Å²) in [5.74, 6) is 0.559. The molecular formula is C21H33N3O3. The van der Waals surface area contributed by atoms with Crippen LogP contribution in [0.15, 0.2) is 16.2 Å². The Morgan fingerprint density at radius 3 is 2.78 bits per heavy atom. The highest BCUT2D eigenvalue weighted by molar-refractivity contribution is 5.96. The highest BCUT2D eigenvalue weighted by Gasteiger charge is 2.46. The van der Waals surface area contributed by atoms with E-state index >= 15 is 0 Å². The molecule has 1 spiro atoms. The molecule has 0 saturated carbocycles. The maximum absolute atomic E-state index is 13.1. The minimum absolute atomic E-state index is 0.0146. The highest BCUT2D eigenvalue weighted by Crippen LogP contribution is 2.39. The zero-order valence-electron chi connectivity index (χ0n) is 17.1. The van der Waals surface area contributed by atoms with E-state index in [1.165, 1.54) is 5.57 Å². The molecular weight excluding hydrogens is 342 g/mol. The minimum atomic E-state index is -0.350. The van der Waals surface area contributed by atoms with Gasteiger partial charge in [0.25, 0.3) is 5.91 Å². The number of aliphatic hydroxyl groups is 1. The Morgan fingerprint density at radius 1 is 1.33 bits per heavy atom. The summed E-state index contributed by atoms with van der Waals surface area (Å²) in [7, 11) is 0. The van der Waals surface area contributed by atoms with Crippen LogP contribution in [-0.4, -0.2) is 64.8 Å². The van der Waals surface area contributed by atoms with Gasteiger partial charge >= 0.3 is 0 Å². The predicted molar refractivity (Wildman–Crippen MR) is 105 cm³/mol. The molecule has 2 aliphatic rings. The van der Waals surface area contributed by atoms with Gasteiger partial charge < -0.3 is 19.4 Å². The lowest BCUT2D eigenvalue weighted by molar-refractivity contribution is -0.0782. The summed E-state index contributed by atoms with van der Waals surface area (Å²) < 4.78 is 5.19. The molecule has 6 nitrogen and oxygen atoms in total. The first-order chi connectivity index (χ1) is 12.8. The number of aliphatic hydroxyl groups excluding tert-OH is 1. The zero-order chi connectivity index (χ0) is 19.6. The number of likely N-dealkylation sites (tertiary alicyclic amines) is 2. The molecule has 1 amide bonds. The van der Waals surface area contributed by atoms with Gasteiger partial charge in [-0.25, -0.2) is 0 Å². The number of piperidine rings is 2. The van der Waals surface area contributed by atoms with Gasteiger partial charge in [0.05, 0.1) is 11.8 Å². The van der Waals surface area contributed by atoms with Crippen molar-refractivity contribution in [2.75, 3.05) is 32.7 Å². The van der Waals surface area contributed by atoms with Crippen molar-refractivity contribution >= 4 is 5.91 Å². The average Bonchev–Trinajstić information content (AvgIpc) is 2.96. The van der Waals surface area contributed by atoms with Gasteiger partial charge in [-0.15, -0.1) is 0 Å². The number of rotatable bonds is 4. The largest absolute Gasteiger partial charge is 0.392 e. The topological polar surface area (TPSA) is 69.8 Å². The number of aryl methyl sites for hydroxylation is 2. The van der Waals surface area contributed by atoms with Gasteiger partial charge in [-0.2, -0.15) is 0 Å². The van der Waals surface area contributed by atoms with Crippen LogP contribution in [0.5, 0.6) is 0 Å². The van der Waals surface area contributed by atoms with E-state index in [0.717, 1.165) is 51.9 Å². The molecule has 3 heterocycles. The van der Waals surface area contributed by atoms with Gasteiger partial charge in [0.15, 0.2) is 0 Å². The normalized spacial score (nSPS) is 26.4. The fraction of sp³-hybridized carbons (Fsp3) is 0.714. The van der Waals surface area contributed by atoms with Gasteiger partial charge in [-0.1, -0.05) is 16.8 Å². The van der Waals surface area contributed by atoms with Crippen molar-refractivity contribution in [3.63, 3.8) is 0 Å². The molecule has 2 saturated heterocycles. The van der Waals surface area contributed by atoms with E-state index in [1.807, 2.05) is 11.8 Å². The Hall–Kier alpha value is -1.66. The second-order valence-corrected chi connectivity index (χ2v) is 8.54. The Morgan fingerprint density at radius 2 is 2.11 bits per heavy atom.